The first kappa shape index (κ1) is 14.4. The molecule has 1 heterocycles. The van der Waals surface area contributed by atoms with Crippen LogP contribution >= 0.6 is 0 Å². The van der Waals surface area contributed by atoms with E-state index < -0.39 is 0 Å². The number of carbonyl (C=O) groups excluding carboxylic acids is 1. The molecule has 0 aliphatic heterocycles. The smallest absolute Gasteiger partial charge is 0.250 e. The third-order valence-electron chi connectivity index (χ3n) is 2.82. The Labute approximate surface area is 107 Å². The van der Waals surface area contributed by atoms with Crippen LogP contribution in [0.15, 0.2) is 29.2 Å². The Hall–Kier alpha value is -1.62. The number of hydrogen-bond donors (Lipinski definition) is 1. The highest BCUT2D eigenvalue weighted by molar-refractivity contribution is 5.78. The van der Waals surface area contributed by atoms with E-state index in [1.807, 2.05) is 19.9 Å². The molecule has 1 amide bonds. The summed E-state index contributed by atoms with van der Waals surface area (Å²) in [6, 6.07) is 5.07. The molecule has 0 fully saturated rings. The second-order valence-electron chi connectivity index (χ2n) is 3.98. The molecular weight excluding hydrogens is 230 g/mol. The first-order valence-electron chi connectivity index (χ1n) is 6.33. The molecule has 0 saturated carbocycles. The zero-order valence-electron chi connectivity index (χ0n) is 11.1. The molecular formula is C13H21N3O2. The number of likely N-dealkylation sites (N-methyl/N-ethyl adjacent to an activating group) is 1. The molecule has 100 valence electrons. The molecule has 0 bridgehead atoms. The number of nitrogens with one attached hydrogen (secondary N) is 1. The Bertz CT molecular complexity index is 424. The van der Waals surface area contributed by atoms with Gasteiger partial charge in [0.2, 0.25) is 5.91 Å². The minimum atomic E-state index is -0.0191. The maximum atomic E-state index is 11.7. The van der Waals surface area contributed by atoms with Crippen LogP contribution in [0.3, 0.4) is 0 Å². The lowest BCUT2D eigenvalue weighted by Gasteiger charge is -2.18. The fraction of sp³-hybridized carbons (Fsp3) is 0.538. The summed E-state index contributed by atoms with van der Waals surface area (Å²) in [5.74, 6) is 0.0976. The van der Waals surface area contributed by atoms with Gasteiger partial charge in [-0.25, -0.2) is 0 Å². The van der Waals surface area contributed by atoms with E-state index in [1.54, 1.807) is 21.7 Å². The van der Waals surface area contributed by atoms with Crippen LogP contribution in [-0.2, 0) is 11.3 Å². The van der Waals surface area contributed by atoms with Crippen LogP contribution in [0.2, 0.25) is 0 Å². The molecule has 5 heteroatoms. The van der Waals surface area contributed by atoms with Gasteiger partial charge in [-0.1, -0.05) is 6.07 Å². The van der Waals surface area contributed by atoms with Gasteiger partial charge in [0.15, 0.2) is 0 Å². The van der Waals surface area contributed by atoms with Crippen LogP contribution in [0.25, 0.3) is 0 Å². The summed E-state index contributed by atoms with van der Waals surface area (Å²) in [6.07, 6.45) is 1.75. The molecule has 0 unspecified atom stereocenters. The van der Waals surface area contributed by atoms with Gasteiger partial charge in [-0.3, -0.25) is 9.59 Å². The third-order valence-corrected chi connectivity index (χ3v) is 2.82. The Balaban J connectivity index is 2.29. The van der Waals surface area contributed by atoms with Crippen molar-refractivity contribution in [1.29, 1.82) is 0 Å². The summed E-state index contributed by atoms with van der Waals surface area (Å²) in [4.78, 5) is 24.9. The Kier molecular flexibility index (Phi) is 6.14. The fourth-order valence-corrected chi connectivity index (χ4v) is 1.73. The van der Waals surface area contributed by atoms with E-state index in [-0.39, 0.29) is 11.5 Å². The minimum Gasteiger partial charge on any atom is -0.342 e. The summed E-state index contributed by atoms with van der Waals surface area (Å²) in [7, 11) is 0. The second-order valence-corrected chi connectivity index (χ2v) is 3.98. The van der Waals surface area contributed by atoms with Gasteiger partial charge in [0.1, 0.15) is 0 Å². The molecule has 1 aromatic rings. The Morgan fingerprint density at radius 2 is 2.06 bits per heavy atom. The normalized spacial score (nSPS) is 10.3. The summed E-state index contributed by atoms with van der Waals surface area (Å²) in [6.45, 7) is 6.89. The number of hydrogen-bond acceptors (Lipinski definition) is 3. The van der Waals surface area contributed by atoms with Crippen LogP contribution in [0.5, 0.6) is 0 Å². The second kappa shape index (κ2) is 7.66. The lowest BCUT2D eigenvalue weighted by Crippen LogP contribution is -2.39. The number of carbonyl (C=O) groups is 1. The van der Waals surface area contributed by atoms with Gasteiger partial charge in [-0.05, 0) is 19.9 Å². The molecule has 0 spiro atoms. The first-order valence-corrected chi connectivity index (χ1v) is 6.33. The molecule has 1 aromatic heterocycles. The third kappa shape index (κ3) is 4.33. The highest BCUT2D eigenvalue weighted by Crippen LogP contribution is 1.87. The quantitative estimate of drug-likeness (QED) is 0.709. The van der Waals surface area contributed by atoms with Gasteiger partial charge in [-0.15, -0.1) is 0 Å². The molecule has 1 N–H and O–H groups in total. The van der Waals surface area contributed by atoms with Crippen molar-refractivity contribution in [3.05, 3.63) is 34.7 Å². The van der Waals surface area contributed by atoms with Gasteiger partial charge in [0.25, 0.3) is 5.56 Å². The number of rotatable bonds is 7. The Morgan fingerprint density at radius 3 is 2.67 bits per heavy atom. The molecule has 5 nitrogen and oxygen atoms in total. The Morgan fingerprint density at radius 1 is 1.33 bits per heavy atom. The molecule has 18 heavy (non-hydrogen) atoms. The molecule has 0 saturated heterocycles. The highest BCUT2D eigenvalue weighted by atomic mass is 16.2. The summed E-state index contributed by atoms with van der Waals surface area (Å²) >= 11 is 0. The van der Waals surface area contributed by atoms with Crippen LogP contribution in [0, 0.1) is 0 Å². The monoisotopic (exact) mass is 251 g/mol. The van der Waals surface area contributed by atoms with Crippen molar-refractivity contribution < 1.29 is 4.79 Å². The van der Waals surface area contributed by atoms with Crippen molar-refractivity contribution in [2.24, 2.45) is 0 Å². The molecule has 0 aliphatic rings. The predicted octanol–water partition coefficient (Wildman–Crippen LogP) is 0.306. The van der Waals surface area contributed by atoms with E-state index in [9.17, 15) is 9.59 Å². The lowest BCUT2D eigenvalue weighted by atomic mass is 10.4. The van der Waals surface area contributed by atoms with E-state index >= 15 is 0 Å². The van der Waals surface area contributed by atoms with Gasteiger partial charge in [0.05, 0.1) is 6.54 Å². The van der Waals surface area contributed by atoms with Crippen LogP contribution < -0.4 is 10.9 Å². The van der Waals surface area contributed by atoms with Crippen molar-refractivity contribution in [3.63, 3.8) is 0 Å². The summed E-state index contributed by atoms with van der Waals surface area (Å²) in [5, 5.41) is 3.06. The topological polar surface area (TPSA) is 54.3 Å². The number of amides is 1. The number of pyridine rings is 1. The van der Waals surface area contributed by atoms with Crippen LogP contribution in [0.4, 0.5) is 0 Å². The molecule has 0 radical (unpaired) electrons. The van der Waals surface area contributed by atoms with Gasteiger partial charge < -0.3 is 14.8 Å². The maximum Gasteiger partial charge on any atom is 0.250 e. The van der Waals surface area contributed by atoms with E-state index in [0.717, 1.165) is 13.1 Å². The number of nitrogens with zero attached hydrogens (tertiary/aromatic N) is 2. The van der Waals surface area contributed by atoms with Crippen molar-refractivity contribution in [3.8, 4) is 0 Å². The van der Waals surface area contributed by atoms with Crippen molar-refractivity contribution in [1.82, 2.24) is 14.8 Å². The number of aromatic nitrogens is 1. The van der Waals surface area contributed by atoms with Crippen molar-refractivity contribution in [2.45, 2.75) is 20.4 Å². The fourth-order valence-electron chi connectivity index (χ4n) is 1.73. The average Bonchev–Trinajstić information content (AvgIpc) is 2.38. The molecule has 0 aliphatic carbocycles. The molecule has 0 aromatic carbocycles. The average molecular weight is 251 g/mol. The molecule has 1 rings (SSSR count). The van der Waals surface area contributed by atoms with E-state index in [1.165, 1.54) is 6.07 Å². The van der Waals surface area contributed by atoms with E-state index in [0.29, 0.717) is 19.6 Å². The zero-order chi connectivity index (χ0) is 13.4. The van der Waals surface area contributed by atoms with Gasteiger partial charge in [-0.2, -0.15) is 0 Å². The van der Waals surface area contributed by atoms with Gasteiger partial charge >= 0.3 is 0 Å². The van der Waals surface area contributed by atoms with Crippen molar-refractivity contribution in [2.75, 3.05) is 26.2 Å². The zero-order valence-corrected chi connectivity index (χ0v) is 11.1. The van der Waals surface area contributed by atoms with Crippen LogP contribution in [0.1, 0.15) is 13.8 Å². The SMILES string of the molecule is CCN(CC)C(=O)CNCCn1ccccc1=O. The standard InChI is InChI=1S/C13H21N3O2/c1-3-15(4-2)13(18)11-14-8-10-16-9-6-5-7-12(16)17/h5-7,9,14H,3-4,8,10-11H2,1-2H3. The molecule has 0 atom stereocenters. The van der Waals surface area contributed by atoms with Gasteiger partial charge in [0, 0.05) is 38.4 Å². The summed E-state index contributed by atoms with van der Waals surface area (Å²) < 4.78 is 1.62. The van der Waals surface area contributed by atoms with Crippen LogP contribution in [-0.4, -0.2) is 41.6 Å². The maximum absolute atomic E-state index is 11.7. The van der Waals surface area contributed by atoms with Crippen molar-refractivity contribution >= 4 is 5.91 Å². The predicted molar refractivity (Wildman–Crippen MR) is 71.5 cm³/mol. The highest BCUT2D eigenvalue weighted by Gasteiger charge is 2.07. The van der Waals surface area contributed by atoms with E-state index in [4.69, 9.17) is 0 Å². The van der Waals surface area contributed by atoms with E-state index in [2.05, 4.69) is 5.32 Å². The summed E-state index contributed by atoms with van der Waals surface area (Å²) in [5.41, 5.74) is -0.0191. The minimum absolute atomic E-state index is 0.0191. The lowest BCUT2D eigenvalue weighted by molar-refractivity contribution is -0.129. The first-order chi connectivity index (χ1) is 8.69. The largest absolute Gasteiger partial charge is 0.342 e.